The van der Waals surface area contributed by atoms with Gasteiger partial charge in [-0.25, -0.2) is 38.7 Å². The van der Waals surface area contributed by atoms with Crippen LogP contribution >= 0.6 is 106 Å². The monoisotopic (exact) mass is 2110 g/mol. The molecule has 12 aromatic carbocycles. The van der Waals surface area contributed by atoms with E-state index >= 15 is 0 Å². The lowest BCUT2D eigenvalue weighted by Gasteiger charge is -2.30. The molecule has 139 heavy (non-hydrogen) atoms. The fourth-order valence-electron chi connectivity index (χ4n) is 19.4. The van der Waals surface area contributed by atoms with E-state index in [0.717, 1.165) is 234 Å². The number of benzene rings is 12. The number of nitrogens with one attached hydrogen (secondary N) is 2. The highest BCUT2D eigenvalue weighted by atomic mass is 79.9. The van der Waals surface area contributed by atoms with Crippen molar-refractivity contribution in [1.82, 2.24) is 38.7 Å². The standard InChI is InChI=1S/C24H18BrFN2.C19H16BrN3S.C18H15BrN2.C18H14Cl2N2.C18H14ClFN2.C18H14ClN3/c25-21-7-3-1-5-17(21)13-19-14-23(16-9-11-20(26)12-10-16)28-15-18-6-2-4-8-22(18)27-24(19)28;20-15-4-2-1-3-12(15)9-13-7-8-23-17(21)16-14(11-5-6-11)10-24-19(16)22-18(13)23;19-16-7-3-1-5-13(16)11-14-9-10-21-12-15-6-2-4-8-17(15)20-18(14)21;19-15-5-3-6-16(20)14(15)10-12-8-9-22-11-13-4-1-2-7-17(13)21-18(12)22;19-16-10-15(20)6-5-12(16)9-13-7-8-22-11-14-3-1-2-4-17(14)21-18(13)22;19-15-7-3-1-5-12(15)11-13-9-10-22-17(20)14-6-2-4-8-16(14)21-18(13)22/h1-13,23H,14-15H2;1-4,9-11,21H,5-8H2;1-8,11H,9-10,12H2;1-7,10H,8-9,11H2;1-6,9-10H,7-8,11H2;1-8,11,20H,9-10H2/b19-13+;13-9+,21-17?;14-11+;12-10+;13-9+;13-11+,20-17?. The van der Waals surface area contributed by atoms with Crippen LogP contribution < -0.4 is 11.0 Å². The smallest absolute Gasteiger partial charge is 0.139 e. The van der Waals surface area contributed by atoms with E-state index in [0.29, 0.717) is 32.0 Å². The minimum atomic E-state index is -0.316. The predicted octanol–water partition coefficient (Wildman–Crippen LogP) is 30.9. The molecule has 14 nitrogen and oxygen atoms in total. The lowest BCUT2D eigenvalue weighted by molar-refractivity contribution is 0.334. The van der Waals surface area contributed by atoms with Crippen LogP contribution in [0.15, 0.2) is 340 Å². The molecule has 0 spiro atoms. The number of thiophene rings is 1. The molecule has 15 aromatic rings. The first-order valence-corrected chi connectivity index (χ1v) is 51.3. The lowest BCUT2D eigenvalue weighted by Crippen LogP contribution is -2.30. The number of amidine groups is 4. The average molecular weight is 2120 g/mol. The van der Waals surface area contributed by atoms with E-state index in [1.807, 2.05) is 150 Å². The third-order valence-corrected chi connectivity index (χ3v) is 31.0. The molecule has 2 N–H and O–H groups in total. The van der Waals surface area contributed by atoms with Gasteiger partial charge in [0.25, 0.3) is 0 Å². The molecule has 26 rings (SSSR count). The summed E-state index contributed by atoms with van der Waals surface area (Å²) in [5.74, 6) is 6.21. The molecule has 0 amide bonds. The number of hydrogen-bond donors (Lipinski definition) is 2. The number of halogens is 9. The van der Waals surface area contributed by atoms with Crippen LogP contribution in [0.25, 0.3) is 68.7 Å². The highest BCUT2D eigenvalue weighted by Crippen LogP contribution is 2.48. The Morgan fingerprint density at radius 2 is 0.777 bits per heavy atom. The molecule has 690 valence electrons. The molecular weight excluding hydrogens is 2030 g/mol. The fourth-order valence-corrected chi connectivity index (χ4v) is 22.5. The van der Waals surface area contributed by atoms with Crippen molar-refractivity contribution in [2.45, 2.75) is 103 Å². The summed E-state index contributed by atoms with van der Waals surface area (Å²) in [4.78, 5) is 39.5. The molecule has 11 aliphatic rings. The summed E-state index contributed by atoms with van der Waals surface area (Å²) >= 11 is 37.5. The number of aromatic nitrogens is 4. The van der Waals surface area contributed by atoms with Gasteiger partial charge in [-0.05, 0) is 284 Å². The second kappa shape index (κ2) is 41.1. The number of aliphatic imine (C=N–C) groups is 4. The molecule has 0 radical (unpaired) electrons. The third kappa shape index (κ3) is 20.1. The van der Waals surface area contributed by atoms with E-state index in [1.54, 1.807) is 29.5 Å². The Balaban J connectivity index is 0.0000000995. The van der Waals surface area contributed by atoms with Crippen molar-refractivity contribution in [1.29, 1.82) is 10.8 Å². The van der Waals surface area contributed by atoms with Gasteiger partial charge in [0.05, 0.1) is 44.7 Å². The summed E-state index contributed by atoms with van der Waals surface area (Å²) in [6.07, 6.45) is 21.0. The number of hydrogen-bond acceptors (Lipinski definition) is 13. The van der Waals surface area contributed by atoms with Gasteiger partial charge in [-0.3, -0.25) is 10.8 Å². The van der Waals surface area contributed by atoms with Crippen molar-refractivity contribution >= 4 is 220 Å². The van der Waals surface area contributed by atoms with Gasteiger partial charge in [0.1, 0.15) is 62.4 Å². The highest BCUT2D eigenvalue weighted by Gasteiger charge is 2.39. The Morgan fingerprint density at radius 1 is 0.367 bits per heavy atom. The molecule has 0 bridgehead atoms. The minimum absolute atomic E-state index is 0.154. The summed E-state index contributed by atoms with van der Waals surface area (Å²) in [7, 11) is 0. The van der Waals surface area contributed by atoms with Crippen molar-refractivity contribution in [3.63, 3.8) is 0 Å². The Labute approximate surface area is 854 Å². The number of para-hydroxylation sites is 5. The van der Waals surface area contributed by atoms with Gasteiger partial charge in [-0.1, -0.05) is 276 Å². The first kappa shape index (κ1) is 92.7. The van der Waals surface area contributed by atoms with E-state index < -0.39 is 0 Å². The van der Waals surface area contributed by atoms with Crippen LogP contribution in [0, 0.1) is 22.5 Å². The van der Waals surface area contributed by atoms with E-state index in [9.17, 15) is 8.78 Å². The number of fused-ring (bicyclic) bond motifs is 12. The van der Waals surface area contributed by atoms with Gasteiger partial charge in [0, 0.05) is 105 Å². The maximum Gasteiger partial charge on any atom is 0.139 e. The van der Waals surface area contributed by atoms with Crippen LogP contribution in [0.3, 0.4) is 0 Å². The van der Waals surface area contributed by atoms with Crippen molar-refractivity contribution in [2.24, 2.45) is 20.0 Å². The zero-order valence-corrected chi connectivity index (χ0v) is 84.0. The Hall–Kier alpha value is -12.6. The molecular formula is C115H91Br3Cl4F2N14S. The molecule has 13 heterocycles. The van der Waals surface area contributed by atoms with Gasteiger partial charge in [0.15, 0.2) is 0 Å². The van der Waals surface area contributed by atoms with E-state index in [-0.39, 0.29) is 17.7 Å². The fraction of sp³-hybridized carbons (Fsp3) is 0.165. The van der Waals surface area contributed by atoms with E-state index in [4.69, 9.17) is 87.2 Å². The molecule has 1 saturated carbocycles. The zero-order chi connectivity index (χ0) is 94.9. The van der Waals surface area contributed by atoms with Crippen molar-refractivity contribution in [2.75, 3.05) is 19.6 Å². The Kier molecular flexibility index (Phi) is 27.4. The summed E-state index contributed by atoms with van der Waals surface area (Å²) in [6.45, 7) is 8.25. The maximum atomic E-state index is 13.5. The molecule has 5 fully saturated rings. The van der Waals surface area contributed by atoms with Crippen molar-refractivity contribution in [3.05, 3.63) is 441 Å². The second-order valence-corrected chi connectivity index (χ2v) is 40.7. The lowest BCUT2D eigenvalue weighted by atomic mass is 10.0. The van der Waals surface area contributed by atoms with Gasteiger partial charge in [-0.15, -0.1) is 11.3 Å². The number of nitrogens with zero attached hydrogens (tertiary/aromatic N) is 12. The van der Waals surface area contributed by atoms with Crippen LogP contribution in [0.2, 0.25) is 20.1 Å². The SMILES string of the molecule is Brc1ccccc1/C=C1\CCN2Cc3ccccc3N=C12.Clc1cccc(Cl)c1/C=C1\CCN2Cc3ccccc3N=C12.Fc1ccc(/C=C2\CCN3Cc4ccccc4N=C23)c(Cl)c1.Fc1ccc(C2C/C(=C\c3ccccc3Br)C3=Nc4ccccc4CN32)cc1.N=c1c2c(C3CC3)csc2nc2n1CC/C2=C\c1ccccc1Br.N=c1c2ccccc2nc2n1CC/C2=C\c1ccccc1Cl. The van der Waals surface area contributed by atoms with E-state index in [2.05, 4.69) is 217 Å². The predicted molar refractivity (Wildman–Crippen MR) is 578 cm³/mol. The molecule has 1 atom stereocenters. The molecule has 4 saturated heterocycles. The third-order valence-electron chi connectivity index (χ3n) is 26.6. The molecule has 24 heteroatoms. The Bertz CT molecular complexity index is 7860. The van der Waals surface area contributed by atoms with Crippen LogP contribution in [-0.4, -0.2) is 81.7 Å². The van der Waals surface area contributed by atoms with Crippen LogP contribution in [0.5, 0.6) is 0 Å². The van der Waals surface area contributed by atoms with Crippen molar-refractivity contribution < 1.29 is 8.78 Å². The van der Waals surface area contributed by atoms with Crippen molar-refractivity contribution in [3.8, 4) is 0 Å². The van der Waals surface area contributed by atoms with Gasteiger partial charge < -0.3 is 28.7 Å². The number of allylic oxidation sites excluding steroid dienone is 2. The van der Waals surface area contributed by atoms with Crippen LogP contribution in [0.4, 0.5) is 31.5 Å². The second-order valence-electron chi connectivity index (χ2n) is 35.6. The first-order chi connectivity index (χ1) is 67.9. The Morgan fingerprint density at radius 3 is 1.30 bits per heavy atom. The number of rotatable bonds is 8. The van der Waals surface area contributed by atoms with Crippen LogP contribution in [0.1, 0.15) is 142 Å². The van der Waals surface area contributed by atoms with Gasteiger partial charge in [0.2, 0.25) is 0 Å². The largest absolute Gasteiger partial charge is 0.352 e. The van der Waals surface area contributed by atoms with Gasteiger partial charge >= 0.3 is 0 Å². The highest BCUT2D eigenvalue weighted by molar-refractivity contribution is 9.11. The van der Waals surface area contributed by atoms with Crippen LogP contribution in [-0.2, 0) is 39.3 Å². The van der Waals surface area contributed by atoms with Gasteiger partial charge in [-0.2, -0.15) is 0 Å². The molecule has 1 unspecified atom stereocenters. The quantitative estimate of drug-likeness (QED) is 0.155. The first-order valence-electron chi connectivity index (χ1n) is 46.6. The van der Waals surface area contributed by atoms with E-state index in [1.165, 1.54) is 86.2 Å². The summed E-state index contributed by atoms with van der Waals surface area (Å²) in [6, 6.07) is 90.7. The normalized spacial score (nSPS) is 18.1. The summed E-state index contributed by atoms with van der Waals surface area (Å²) in [5.41, 5.74) is 27.3. The summed E-state index contributed by atoms with van der Waals surface area (Å²) < 4.78 is 34.0. The average Bonchev–Trinajstić information content (AvgIpc) is 1.59. The maximum absolute atomic E-state index is 13.5. The molecule has 1 aliphatic carbocycles. The summed E-state index contributed by atoms with van der Waals surface area (Å²) in [5, 5.41) is 23.8. The molecule has 3 aromatic heterocycles. The topological polar surface area (TPSA) is 146 Å². The molecule has 10 aliphatic heterocycles. The minimum Gasteiger partial charge on any atom is -0.352 e. The zero-order valence-electron chi connectivity index (χ0n) is 75.5.